The molecule has 0 aliphatic heterocycles. The second kappa shape index (κ2) is 6.96. The number of rotatable bonds is 6. The zero-order chi connectivity index (χ0) is 13.5. The summed E-state index contributed by atoms with van der Waals surface area (Å²) in [5, 5.41) is 12.3. The molecule has 1 aromatic rings. The van der Waals surface area contributed by atoms with E-state index >= 15 is 0 Å². The summed E-state index contributed by atoms with van der Waals surface area (Å²) in [5.74, 6) is 0.522. The van der Waals surface area contributed by atoms with Gasteiger partial charge < -0.3 is 15.3 Å². The maximum absolute atomic E-state index is 12.2. The van der Waals surface area contributed by atoms with E-state index in [2.05, 4.69) is 10.3 Å². The summed E-state index contributed by atoms with van der Waals surface area (Å²) in [6.07, 6.45) is 1.83. The molecule has 0 fully saturated rings. The standard InChI is InChI=1S/C13H21N3O2/c1-4-14-12-11(6-5-8-15-12)13(18)16(3)9-7-10(2)17/h5-6,8,10,17H,4,7,9H2,1-3H3,(H,14,15). The van der Waals surface area contributed by atoms with Crippen LogP contribution in [0.25, 0.3) is 0 Å². The Morgan fingerprint density at radius 1 is 1.61 bits per heavy atom. The van der Waals surface area contributed by atoms with E-state index in [-0.39, 0.29) is 5.91 Å². The molecule has 0 saturated carbocycles. The summed E-state index contributed by atoms with van der Waals surface area (Å²) in [6.45, 7) is 4.91. The molecule has 1 atom stereocenters. The highest BCUT2D eigenvalue weighted by Gasteiger charge is 2.16. The summed E-state index contributed by atoms with van der Waals surface area (Å²) >= 11 is 0. The molecular weight excluding hydrogens is 230 g/mol. The molecule has 0 spiro atoms. The minimum absolute atomic E-state index is 0.0836. The Balaban J connectivity index is 2.76. The van der Waals surface area contributed by atoms with Crippen molar-refractivity contribution in [2.75, 3.05) is 25.5 Å². The van der Waals surface area contributed by atoms with E-state index in [9.17, 15) is 9.90 Å². The van der Waals surface area contributed by atoms with Crippen molar-refractivity contribution in [2.24, 2.45) is 0 Å². The van der Waals surface area contributed by atoms with Crippen molar-refractivity contribution in [1.82, 2.24) is 9.88 Å². The first-order chi connectivity index (χ1) is 8.56. The van der Waals surface area contributed by atoms with Crippen LogP contribution in [0, 0.1) is 0 Å². The van der Waals surface area contributed by atoms with Gasteiger partial charge in [-0.25, -0.2) is 4.98 Å². The number of nitrogens with one attached hydrogen (secondary N) is 1. The molecule has 18 heavy (non-hydrogen) atoms. The Kier molecular flexibility index (Phi) is 5.58. The van der Waals surface area contributed by atoms with Gasteiger partial charge in [-0.1, -0.05) is 0 Å². The predicted octanol–water partition coefficient (Wildman–Crippen LogP) is 1.36. The highest BCUT2D eigenvalue weighted by atomic mass is 16.3. The average Bonchev–Trinajstić information content (AvgIpc) is 2.36. The molecule has 100 valence electrons. The Hall–Kier alpha value is -1.62. The summed E-state index contributed by atoms with van der Waals surface area (Å²) in [5.41, 5.74) is 0.562. The Morgan fingerprint density at radius 3 is 2.94 bits per heavy atom. The lowest BCUT2D eigenvalue weighted by Gasteiger charge is -2.19. The normalized spacial score (nSPS) is 12.0. The molecule has 1 rings (SSSR count). The number of hydrogen-bond acceptors (Lipinski definition) is 4. The van der Waals surface area contributed by atoms with Crippen LogP contribution in [0.15, 0.2) is 18.3 Å². The fourth-order valence-electron chi connectivity index (χ4n) is 1.57. The third-order valence-electron chi connectivity index (χ3n) is 2.61. The van der Waals surface area contributed by atoms with Crippen LogP contribution in [0.2, 0.25) is 0 Å². The van der Waals surface area contributed by atoms with Crippen LogP contribution in [0.1, 0.15) is 30.6 Å². The minimum Gasteiger partial charge on any atom is -0.393 e. The third kappa shape index (κ3) is 4.00. The van der Waals surface area contributed by atoms with Gasteiger partial charge in [-0.2, -0.15) is 0 Å². The smallest absolute Gasteiger partial charge is 0.257 e. The minimum atomic E-state index is -0.401. The van der Waals surface area contributed by atoms with Gasteiger partial charge >= 0.3 is 0 Å². The Bertz CT molecular complexity index is 394. The van der Waals surface area contributed by atoms with E-state index < -0.39 is 6.10 Å². The van der Waals surface area contributed by atoms with E-state index in [0.29, 0.717) is 30.9 Å². The van der Waals surface area contributed by atoms with E-state index in [1.807, 2.05) is 6.92 Å². The molecule has 0 bridgehead atoms. The second-order valence-corrected chi connectivity index (χ2v) is 4.29. The lowest BCUT2D eigenvalue weighted by molar-refractivity contribution is 0.0769. The molecule has 1 heterocycles. The van der Waals surface area contributed by atoms with Crippen molar-refractivity contribution in [2.45, 2.75) is 26.4 Å². The number of aliphatic hydroxyl groups is 1. The zero-order valence-electron chi connectivity index (χ0n) is 11.2. The molecule has 0 aromatic carbocycles. The van der Waals surface area contributed by atoms with Gasteiger partial charge in [0.2, 0.25) is 0 Å². The summed E-state index contributed by atoms with van der Waals surface area (Å²) in [4.78, 5) is 18.0. The molecule has 5 heteroatoms. The largest absolute Gasteiger partial charge is 0.393 e. The quantitative estimate of drug-likeness (QED) is 0.801. The summed E-state index contributed by atoms with van der Waals surface area (Å²) in [7, 11) is 1.73. The molecule has 1 aromatic heterocycles. The highest BCUT2D eigenvalue weighted by Crippen LogP contribution is 2.13. The number of carbonyl (C=O) groups is 1. The number of hydrogen-bond donors (Lipinski definition) is 2. The molecule has 1 amide bonds. The summed E-state index contributed by atoms with van der Waals surface area (Å²) in [6, 6.07) is 3.50. The van der Waals surface area contributed by atoms with E-state index in [4.69, 9.17) is 0 Å². The molecule has 5 nitrogen and oxygen atoms in total. The van der Waals surface area contributed by atoms with E-state index in [1.54, 1.807) is 37.2 Å². The maximum Gasteiger partial charge on any atom is 0.257 e. The van der Waals surface area contributed by atoms with Gasteiger partial charge in [0.1, 0.15) is 5.82 Å². The number of anilines is 1. The van der Waals surface area contributed by atoms with Crippen molar-refractivity contribution in [3.05, 3.63) is 23.9 Å². The Morgan fingerprint density at radius 2 is 2.33 bits per heavy atom. The molecular formula is C13H21N3O2. The van der Waals surface area contributed by atoms with Gasteiger partial charge in [-0.05, 0) is 32.4 Å². The number of amides is 1. The number of pyridine rings is 1. The molecule has 0 radical (unpaired) electrons. The first-order valence-corrected chi connectivity index (χ1v) is 6.18. The third-order valence-corrected chi connectivity index (χ3v) is 2.61. The molecule has 1 unspecified atom stereocenters. The van der Waals surface area contributed by atoms with Gasteiger partial charge in [0.15, 0.2) is 0 Å². The monoisotopic (exact) mass is 251 g/mol. The summed E-state index contributed by atoms with van der Waals surface area (Å²) < 4.78 is 0. The number of aromatic nitrogens is 1. The van der Waals surface area contributed by atoms with Crippen molar-refractivity contribution < 1.29 is 9.90 Å². The lowest BCUT2D eigenvalue weighted by atomic mass is 10.2. The molecule has 2 N–H and O–H groups in total. The van der Waals surface area contributed by atoms with Crippen molar-refractivity contribution in [1.29, 1.82) is 0 Å². The van der Waals surface area contributed by atoms with Crippen LogP contribution in [0.3, 0.4) is 0 Å². The predicted molar refractivity (Wildman–Crippen MR) is 71.7 cm³/mol. The zero-order valence-corrected chi connectivity index (χ0v) is 11.2. The molecule has 0 aliphatic rings. The molecule has 0 saturated heterocycles. The van der Waals surface area contributed by atoms with Gasteiger partial charge in [-0.15, -0.1) is 0 Å². The lowest BCUT2D eigenvalue weighted by Crippen LogP contribution is -2.30. The van der Waals surface area contributed by atoms with Gasteiger partial charge in [0, 0.05) is 26.3 Å². The SMILES string of the molecule is CCNc1ncccc1C(=O)N(C)CCC(C)O. The van der Waals surface area contributed by atoms with Crippen LogP contribution >= 0.6 is 0 Å². The van der Waals surface area contributed by atoms with Crippen LogP contribution in [-0.2, 0) is 0 Å². The Labute approximate surface area is 108 Å². The van der Waals surface area contributed by atoms with Gasteiger partial charge in [-0.3, -0.25) is 4.79 Å². The topological polar surface area (TPSA) is 65.5 Å². The number of nitrogens with zero attached hydrogens (tertiary/aromatic N) is 2. The maximum atomic E-state index is 12.2. The van der Waals surface area contributed by atoms with Crippen molar-refractivity contribution in [3.63, 3.8) is 0 Å². The van der Waals surface area contributed by atoms with E-state index in [1.165, 1.54) is 0 Å². The van der Waals surface area contributed by atoms with Crippen molar-refractivity contribution >= 4 is 11.7 Å². The fraction of sp³-hybridized carbons (Fsp3) is 0.538. The highest BCUT2D eigenvalue weighted by molar-refractivity contribution is 5.98. The first kappa shape index (κ1) is 14.4. The van der Waals surface area contributed by atoms with Crippen LogP contribution in [0.5, 0.6) is 0 Å². The van der Waals surface area contributed by atoms with E-state index in [0.717, 1.165) is 0 Å². The van der Waals surface area contributed by atoms with Gasteiger partial charge in [0.05, 0.1) is 11.7 Å². The van der Waals surface area contributed by atoms with Gasteiger partial charge in [0.25, 0.3) is 5.91 Å². The first-order valence-electron chi connectivity index (χ1n) is 6.18. The van der Waals surface area contributed by atoms with Crippen LogP contribution in [0.4, 0.5) is 5.82 Å². The number of aliphatic hydroxyl groups excluding tert-OH is 1. The molecule has 0 aliphatic carbocycles. The van der Waals surface area contributed by atoms with Crippen molar-refractivity contribution in [3.8, 4) is 0 Å². The fourth-order valence-corrected chi connectivity index (χ4v) is 1.57. The number of carbonyl (C=O) groups excluding carboxylic acids is 1. The van der Waals surface area contributed by atoms with Crippen LogP contribution in [-0.4, -0.2) is 47.1 Å². The average molecular weight is 251 g/mol. The van der Waals surface area contributed by atoms with Crippen LogP contribution < -0.4 is 5.32 Å². The second-order valence-electron chi connectivity index (χ2n) is 4.29.